The number of hydrogen-bond acceptors (Lipinski definition) is 2. The third-order valence-electron chi connectivity index (χ3n) is 1.88. The molecule has 0 fully saturated rings. The molecule has 0 aliphatic rings. The molecule has 2 nitrogen and oxygen atoms in total. The van der Waals surface area contributed by atoms with Gasteiger partial charge in [0.05, 0.1) is 5.56 Å². The number of carbonyl (C=O) groups is 1. The summed E-state index contributed by atoms with van der Waals surface area (Å²) in [4.78, 5) is 12.0. The van der Waals surface area contributed by atoms with Crippen LogP contribution in [0, 0.1) is 5.82 Å². The maximum atomic E-state index is 13.2. The van der Waals surface area contributed by atoms with E-state index in [2.05, 4.69) is 31.9 Å². The topological polar surface area (TPSA) is 26.3 Å². The number of rotatable bonds is 2. The van der Waals surface area contributed by atoms with Crippen LogP contribution in [-0.2, 0) is 10.1 Å². The molecule has 1 aromatic rings. The molecule has 0 aliphatic heterocycles. The predicted molar refractivity (Wildman–Crippen MR) is 71.9 cm³/mol. The van der Waals surface area contributed by atoms with Gasteiger partial charge in [-0.2, -0.15) is 0 Å². The summed E-state index contributed by atoms with van der Waals surface area (Å²) in [5.74, 6) is -0.850. The third-order valence-corrected chi connectivity index (χ3v) is 3.11. The Labute approximate surface area is 117 Å². The number of ether oxygens (including phenoxy) is 1. The van der Waals surface area contributed by atoms with Gasteiger partial charge in [0, 0.05) is 9.80 Å². The summed E-state index contributed by atoms with van der Waals surface area (Å²) in [6.45, 7) is 5.36. The van der Waals surface area contributed by atoms with E-state index in [0.717, 1.165) is 0 Å². The first-order chi connectivity index (χ1) is 7.74. The predicted octanol–water partition coefficient (Wildman–Crippen LogP) is 4.44. The van der Waals surface area contributed by atoms with Gasteiger partial charge in [0.25, 0.3) is 0 Å². The zero-order valence-electron chi connectivity index (χ0n) is 9.81. The molecule has 0 atom stereocenters. The summed E-state index contributed by atoms with van der Waals surface area (Å²) in [5, 5.41) is 0.387. The van der Waals surface area contributed by atoms with Crippen molar-refractivity contribution in [3.63, 3.8) is 0 Å². The monoisotopic (exact) mass is 366 g/mol. The molecule has 0 spiro atoms. The maximum absolute atomic E-state index is 13.2. The Kier molecular flexibility index (Phi) is 4.72. The van der Waals surface area contributed by atoms with Gasteiger partial charge in [0.1, 0.15) is 11.4 Å². The Balaban J connectivity index is 3.17. The fourth-order valence-corrected chi connectivity index (χ4v) is 2.37. The number of benzene rings is 1. The van der Waals surface area contributed by atoms with Crippen LogP contribution in [-0.4, -0.2) is 11.6 Å². The standard InChI is InChI=1S/C12H13Br2FO2/c1-12(2,3)17-11(16)10-7(6-13)4-8(15)5-9(10)14/h4-5H,6H2,1-3H3. The van der Waals surface area contributed by atoms with Gasteiger partial charge in [-0.1, -0.05) is 15.9 Å². The van der Waals surface area contributed by atoms with E-state index in [1.54, 1.807) is 20.8 Å². The van der Waals surface area contributed by atoms with Gasteiger partial charge in [0.2, 0.25) is 0 Å². The first kappa shape index (κ1) is 14.6. The molecule has 1 rings (SSSR count). The molecule has 0 saturated carbocycles. The summed E-state index contributed by atoms with van der Waals surface area (Å²) in [6.07, 6.45) is 0. The van der Waals surface area contributed by atoms with E-state index in [9.17, 15) is 9.18 Å². The number of halogens is 3. The molecule has 0 bridgehead atoms. The normalized spacial score (nSPS) is 11.4. The van der Waals surface area contributed by atoms with Crippen molar-refractivity contribution in [2.75, 3.05) is 0 Å². The van der Waals surface area contributed by atoms with Crippen LogP contribution in [0.1, 0.15) is 36.7 Å². The minimum atomic E-state index is -0.575. The average molecular weight is 368 g/mol. The van der Waals surface area contributed by atoms with Crippen LogP contribution in [0.4, 0.5) is 4.39 Å². The van der Waals surface area contributed by atoms with Crippen molar-refractivity contribution in [2.24, 2.45) is 0 Å². The molecular weight excluding hydrogens is 355 g/mol. The molecule has 0 N–H and O–H groups in total. The van der Waals surface area contributed by atoms with Crippen molar-refractivity contribution < 1.29 is 13.9 Å². The van der Waals surface area contributed by atoms with Crippen LogP contribution in [0.15, 0.2) is 16.6 Å². The molecule has 0 aromatic heterocycles. The van der Waals surface area contributed by atoms with E-state index in [-0.39, 0.29) is 0 Å². The van der Waals surface area contributed by atoms with Crippen molar-refractivity contribution in [3.05, 3.63) is 33.5 Å². The highest BCUT2D eigenvalue weighted by Crippen LogP contribution is 2.26. The van der Waals surface area contributed by atoms with Crippen LogP contribution < -0.4 is 0 Å². The summed E-state index contributed by atoms with van der Waals surface area (Å²) in [5.41, 5.74) is 0.346. The van der Waals surface area contributed by atoms with E-state index in [1.165, 1.54) is 12.1 Å². The van der Waals surface area contributed by atoms with Gasteiger partial charge in [-0.25, -0.2) is 9.18 Å². The zero-order chi connectivity index (χ0) is 13.2. The van der Waals surface area contributed by atoms with Gasteiger partial charge in [-0.3, -0.25) is 0 Å². The Bertz CT molecular complexity index is 439. The Hall–Kier alpha value is -0.420. The molecule has 0 amide bonds. The number of hydrogen-bond donors (Lipinski definition) is 0. The molecule has 0 saturated heterocycles. The van der Waals surface area contributed by atoms with Gasteiger partial charge >= 0.3 is 5.97 Å². The van der Waals surface area contributed by atoms with Crippen molar-refractivity contribution in [2.45, 2.75) is 31.7 Å². The lowest BCUT2D eigenvalue weighted by Crippen LogP contribution is -2.24. The van der Waals surface area contributed by atoms with Crippen LogP contribution in [0.3, 0.4) is 0 Å². The molecule has 0 heterocycles. The van der Waals surface area contributed by atoms with E-state index < -0.39 is 17.4 Å². The third kappa shape index (κ3) is 4.07. The SMILES string of the molecule is CC(C)(C)OC(=O)c1c(Br)cc(F)cc1CBr. The molecule has 5 heteroatoms. The lowest BCUT2D eigenvalue weighted by Gasteiger charge is -2.21. The van der Waals surface area contributed by atoms with E-state index in [4.69, 9.17) is 4.74 Å². The van der Waals surface area contributed by atoms with Gasteiger partial charge < -0.3 is 4.74 Å². The number of carbonyl (C=O) groups excluding carboxylic acids is 1. The minimum Gasteiger partial charge on any atom is -0.456 e. The van der Waals surface area contributed by atoms with Crippen molar-refractivity contribution in [3.8, 4) is 0 Å². The molecular formula is C12H13Br2FO2. The lowest BCUT2D eigenvalue weighted by molar-refractivity contribution is 0.00676. The average Bonchev–Trinajstić information content (AvgIpc) is 2.12. The minimum absolute atomic E-state index is 0.359. The molecule has 94 valence electrons. The highest BCUT2D eigenvalue weighted by molar-refractivity contribution is 9.10. The highest BCUT2D eigenvalue weighted by Gasteiger charge is 2.22. The first-order valence-electron chi connectivity index (χ1n) is 5.02. The summed E-state index contributed by atoms with van der Waals surface area (Å²) < 4.78 is 18.9. The smallest absolute Gasteiger partial charge is 0.340 e. The molecule has 0 aliphatic carbocycles. The number of esters is 1. The van der Waals surface area contributed by atoms with Crippen LogP contribution >= 0.6 is 31.9 Å². The van der Waals surface area contributed by atoms with E-state index in [0.29, 0.717) is 20.9 Å². The Morgan fingerprint density at radius 3 is 2.47 bits per heavy atom. The zero-order valence-corrected chi connectivity index (χ0v) is 13.0. The fourth-order valence-electron chi connectivity index (χ4n) is 1.29. The van der Waals surface area contributed by atoms with Crippen molar-refractivity contribution in [1.29, 1.82) is 0 Å². The largest absolute Gasteiger partial charge is 0.456 e. The van der Waals surface area contributed by atoms with Crippen LogP contribution in [0.2, 0.25) is 0 Å². The molecule has 0 radical (unpaired) electrons. The van der Waals surface area contributed by atoms with Crippen molar-refractivity contribution >= 4 is 37.8 Å². The lowest BCUT2D eigenvalue weighted by atomic mass is 10.1. The summed E-state index contributed by atoms with van der Waals surface area (Å²) >= 11 is 6.41. The first-order valence-corrected chi connectivity index (χ1v) is 6.93. The fraction of sp³-hybridized carbons (Fsp3) is 0.417. The summed E-state index contributed by atoms with van der Waals surface area (Å²) in [7, 11) is 0. The molecule has 0 unspecified atom stereocenters. The van der Waals surface area contributed by atoms with E-state index in [1.807, 2.05) is 0 Å². The van der Waals surface area contributed by atoms with Gasteiger partial charge in [0.15, 0.2) is 0 Å². The second-order valence-electron chi connectivity index (χ2n) is 4.56. The molecule has 17 heavy (non-hydrogen) atoms. The Morgan fingerprint density at radius 1 is 1.41 bits per heavy atom. The van der Waals surface area contributed by atoms with Crippen LogP contribution in [0.5, 0.6) is 0 Å². The Morgan fingerprint density at radius 2 is 2.00 bits per heavy atom. The molecule has 1 aromatic carbocycles. The number of alkyl halides is 1. The second kappa shape index (κ2) is 5.48. The quantitative estimate of drug-likeness (QED) is 0.570. The van der Waals surface area contributed by atoms with Crippen molar-refractivity contribution in [1.82, 2.24) is 0 Å². The van der Waals surface area contributed by atoms with E-state index >= 15 is 0 Å². The van der Waals surface area contributed by atoms with Gasteiger partial charge in [-0.15, -0.1) is 0 Å². The highest BCUT2D eigenvalue weighted by atomic mass is 79.9. The summed E-state index contributed by atoms with van der Waals surface area (Å²) in [6, 6.07) is 2.57. The van der Waals surface area contributed by atoms with Gasteiger partial charge in [-0.05, 0) is 54.4 Å². The second-order valence-corrected chi connectivity index (χ2v) is 5.97. The van der Waals surface area contributed by atoms with Crippen LogP contribution in [0.25, 0.3) is 0 Å². The maximum Gasteiger partial charge on any atom is 0.340 e.